The Balaban J connectivity index is 2.12. The molecule has 6 heteroatoms. The zero-order valence-corrected chi connectivity index (χ0v) is 10.7. The van der Waals surface area contributed by atoms with E-state index < -0.39 is 0 Å². The highest BCUT2D eigenvalue weighted by Gasteiger charge is 2.19. The predicted molar refractivity (Wildman–Crippen MR) is 68.5 cm³/mol. The summed E-state index contributed by atoms with van der Waals surface area (Å²) in [6.45, 7) is 0. The molecule has 6 nitrogen and oxygen atoms in total. The molecule has 1 aliphatic carbocycles. The Morgan fingerprint density at radius 1 is 1.22 bits per heavy atom. The normalized spacial score (nSPS) is 17.0. The van der Waals surface area contributed by atoms with E-state index in [-0.39, 0.29) is 6.10 Å². The molecule has 0 radical (unpaired) electrons. The van der Waals surface area contributed by atoms with Gasteiger partial charge in [0.1, 0.15) is 12.4 Å². The number of anilines is 1. The maximum absolute atomic E-state index is 5.93. The molecule has 0 aromatic carbocycles. The summed E-state index contributed by atoms with van der Waals surface area (Å²) < 4.78 is 11.2. The molecule has 1 saturated carbocycles. The average Bonchev–Trinajstić information content (AvgIpc) is 2.67. The largest absolute Gasteiger partial charge is 0.489 e. The average molecular weight is 252 g/mol. The van der Waals surface area contributed by atoms with Crippen molar-refractivity contribution in [3.8, 4) is 11.6 Å². The van der Waals surface area contributed by atoms with E-state index in [9.17, 15) is 0 Å². The third-order valence-corrected chi connectivity index (χ3v) is 3.19. The van der Waals surface area contributed by atoms with Gasteiger partial charge in [-0.25, -0.2) is 10.8 Å². The summed E-state index contributed by atoms with van der Waals surface area (Å²) in [7, 11) is 1.56. The monoisotopic (exact) mass is 252 g/mol. The summed E-state index contributed by atoms with van der Waals surface area (Å²) in [6.07, 6.45) is 8.76. The molecule has 1 aromatic heterocycles. The van der Waals surface area contributed by atoms with Crippen LogP contribution in [0.15, 0.2) is 6.33 Å². The van der Waals surface area contributed by atoms with Crippen molar-refractivity contribution in [2.75, 3.05) is 12.5 Å². The van der Waals surface area contributed by atoms with Crippen molar-refractivity contribution in [1.29, 1.82) is 0 Å². The van der Waals surface area contributed by atoms with Gasteiger partial charge in [-0.15, -0.1) is 0 Å². The van der Waals surface area contributed by atoms with E-state index >= 15 is 0 Å². The Morgan fingerprint density at radius 3 is 2.56 bits per heavy atom. The zero-order chi connectivity index (χ0) is 12.8. The fourth-order valence-electron chi connectivity index (χ4n) is 2.25. The van der Waals surface area contributed by atoms with E-state index in [2.05, 4.69) is 15.4 Å². The van der Waals surface area contributed by atoms with E-state index in [0.29, 0.717) is 17.4 Å². The molecular weight excluding hydrogens is 232 g/mol. The van der Waals surface area contributed by atoms with E-state index in [1.807, 2.05) is 0 Å². The van der Waals surface area contributed by atoms with E-state index in [0.717, 1.165) is 12.8 Å². The quantitative estimate of drug-likeness (QED) is 0.483. The number of nitrogen functional groups attached to an aromatic ring is 1. The van der Waals surface area contributed by atoms with E-state index in [4.69, 9.17) is 15.3 Å². The molecule has 0 atom stereocenters. The van der Waals surface area contributed by atoms with Crippen LogP contribution in [0.1, 0.15) is 38.5 Å². The van der Waals surface area contributed by atoms with Crippen molar-refractivity contribution >= 4 is 5.82 Å². The van der Waals surface area contributed by atoms with Crippen molar-refractivity contribution in [2.45, 2.75) is 44.6 Å². The van der Waals surface area contributed by atoms with E-state index in [1.54, 1.807) is 7.11 Å². The first-order valence-corrected chi connectivity index (χ1v) is 6.37. The number of nitrogens with one attached hydrogen (secondary N) is 1. The first kappa shape index (κ1) is 12.9. The molecular formula is C12H20N4O2. The van der Waals surface area contributed by atoms with Gasteiger partial charge in [0, 0.05) is 0 Å². The summed E-state index contributed by atoms with van der Waals surface area (Å²) >= 11 is 0. The SMILES string of the molecule is COc1c(NN)ncnc1OC1CCCCCC1. The highest BCUT2D eigenvalue weighted by atomic mass is 16.5. The van der Waals surface area contributed by atoms with Gasteiger partial charge in [0.2, 0.25) is 5.75 Å². The summed E-state index contributed by atoms with van der Waals surface area (Å²) in [6, 6.07) is 0. The molecule has 1 aromatic rings. The first-order chi connectivity index (χ1) is 8.85. The summed E-state index contributed by atoms with van der Waals surface area (Å²) in [5, 5.41) is 0. The van der Waals surface area contributed by atoms with Gasteiger partial charge >= 0.3 is 0 Å². The van der Waals surface area contributed by atoms with Crippen LogP contribution >= 0.6 is 0 Å². The number of nitrogens with zero attached hydrogens (tertiary/aromatic N) is 2. The number of methoxy groups -OCH3 is 1. The van der Waals surface area contributed by atoms with Crippen molar-refractivity contribution in [3.05, 3.63) is 6.33 Å². The summed E-state index contributed by atoms with van der Waals surface area (Å²) in [5.74, 6) is 6.75. The number of nitrogens with two attached hydrogens (primary N) is 1. The minimum absolute atomic E-state index is 0.210. The summed E-state index contributed by atoms with van der Waals surface area (Å²) in [4.78, 5) is 8.12. The Labute approximate surface area is 107 Å². The molecule has 0 aliphatic heterocycles. The van der Waals surface area contributed by atoms with Gasteiger partial charge in [-0.2, -0.15) is 4.98 Å². The number of hydrazine groups is 1. The third-order valence-electron chi connectivity index (χ3n) is 3.19. The van der Waals surface area contributed by atoms with Crippen LogP contribution in [0.2, 0.25) is 0 Å². The minimum Gasteiger partial charge on any atom is -0.489 e. The van der Waals surface area contributed by atoms with Crippen LogP contribution in [-0.4, -0.2) is 23.2 Å². The molecule has 3 N–H and O–H groups in total. The highest BCUT2D eigenvalue weighted by Crippen LogP contribution is 2.32. The number of hydrogen-bond acceptors (Lipinski definition) is 6. The molecule has 2 rings (SSSR count). The van der Waals surface area contributed by atoms with Crippen molar-refractivity contribution in [2.24, 2.45) is 5.84 Å². The standard InChI is InChI=1S/C12H20N4O2/c1-17-10-11(16-13)14-8-15-12(10)18-9-6-4-2-3-5-7-9/h8-9H,2-7,13H2,1H3,(H,14,15,16). The van der Waals surface area contributed by atoms with Gasteiger partial charge in [0.25, 0.3) is 5.88 Å². The lowest BCUT2D eigenvalue weighted by atomic mass is 10.1. The molecule has 1 heterocycles. The number of ether oxygens (including phenoxy) is 2. The Hall–Kier alpha value is -1.56. The van der Waals surface area contributed by atoms with Gasteiger partial charge < -0.3 is 14.9 Å². The summed E-state index contributed by atoms with van der Waals surface area (Å²) in [5.41, 5.74) is 2.48. The van der Waals surface area contributed by atoms with Crippen LogP contribution in [-0.2, 0) is 0 Å². The van der Waals surface area contributed by atoms with Crippen LogP contribution in [0.5, 0.6) is 11.6 Å². The lowest BCUT2D eigenvalue weighted by molar-refractivity contribution is 0.168. The second-order valence-corrected chi connectivity index (χ2v) is 4.44. The van der Waals surface area contributed by atoms with Crippen LogP contribution in [0.3, 0.4) is 0 Å². The van der Waals surface area contributed by atoms with Gasteiger partial charge in [0.15, 0.2) is 5.82 Å². The molecule has 1 fully saturated rings. The molecule has 100 valence electrons. The fraction of sp³-hybridized carbons (Fsp3) is 0.667. The maximum atomic E-state index is 5.93. The second-order valence-electron chi connectivity index (χ2n) is 4.44. The molecule has 0 spiro atoms. The van der Waals surface area contributed by atoms with Gasteiger partial charge in [-0.1, -0.05) is 12.8 Å². The smallest absolute Gasteiger partial charge is 0.262 e. The fourth-order valence-corrected chi connectivity index (χ4v) is 2.25. The van der Waals surface area contributed by atoms with Crippen LogP contribution in [0, 0.1) is 0 Å². The Morgan fingerprint density at radius 2 is 1.94 bits per heavy atom. The maximum Gasteiger partial charge on any atom is 0.262 e. The molecule has 1 aliphatic rings. The lowest BCUT2D eigenvalue weighted by Crippen LogP contribution is -2.18. The van der Waals surface area contributed by atoms with Crippen molar-refractivity contribution < 1.29 is 9.47 Å². The zero-order valence-electron chi connectivity index (χ0n) is 10.7. The van der Waals surface area contributed by atoms with Crippen LogP contribution < -0.4 is 20.7 Å². The Bertz CT molecular complexity index is 378. The lowest BCUT2D eigenvalue weighted by Gasteiger charge is -2.18. The Kier molecular flexibility index (Phi) is 4.58. The van der Waals surface area contributed by atoms with Gasteiger partial charge in [-0.3, -0.25) is 0 Å². The van der Waals surface area contributed by atoms with Crippen molar-refractivity contribution in [3.63, 3.8) is 0 Å². The van der Waals surface area contributed by atoms with Gasteiger partial charge in [0.05, 0.1) is 7.11 Å². The number of rotatable bonds is 4. The molecule has 18 heavy (non-hydrogen) atoms. The topological polar surface area (TPSA) is 82.3 Å². The minimum atomic E-state index is 0.210. The highest BCUT2D eigenvalue weighted by molar-refractivity contribution is 5.54. The van der Waals surface area contributed by atoms with Gasteiger partial charge in [-0.05, 0) is 25.7 Å². The van der Waals surface area contributed by atoms with Crippen LogP contribution in [0.4, 0.5) is 5.82 Å². The third kappa shape index (κ3) is 3.01. The van der Waals surface area contributed by atoms with Crippen molar-refractivity contribution in [1.82, 2.24) is 9.97 Å². The van der Waals surface area contributed by atoms with E-state index in [1.165, 1.54) is 32.0 Å². The number of aromatic nitrogens is 2. The molecule has 0 amide bonds. The first-order valence-electron chi connectivity index (χ1n) is 6.37. The second kappa shape index (κ2) is 6.39. The molecule has 0 bridgehead atoms. The predicted octanol–water partition coefficient (Wildman–Crippen LogP) is 1.87. The number of hydrogen-bond donors (Lipinski definition) is 2. The van der Waals surface area contributed by atoms with Crippen LogP contribution in [0.25, 0.3) is 0 Å². The molecule has 0 saturated heterocycles. The molecule has 0 unspecified atom stereocenters.